The van der Waals surface area contributed by atoms with Crippen molar-refractivity contribution in [2.45, 2.75) is 18.9 Å². The third-order valence-electron chi connectivity index (χ3n) is 3.61. The zero-order valence-corrected chi connectivity index (χ0v) is 10.5. The summed E-state index contributed by atoms with van der Waals surface area (Å²) < 4.78 is 0. The Morgan fingerprint density at radius 3 is 2.50 bits per heavy atom. The maximum Gasteiger partial charge on any atom is 0.220 e. The molecule has 1 saturated heterocycles. The third kappa shape index (κ3) is 3.31. The number of likely N-dealkylation sites (tertiary alicyclic amines) is 1. The maximum absolute atomic E-state index is 11.1. The summed E-state index contributed by atoms with van der Waals surface area (Å²) in [4.78, 5) is 13.3. The average molecular weight is 248 g/mol. The molecule has 1 amide bonds. The molecule has 0 radical (unpaired) electrons. The van der Waals surface area contributed by atoms with Gasteiger partial charge in [0.05, 0.1) is 6.10 Å². The van der Waals surface area contributed by atoms with Gasteiger partial charge in [-0.25, -0.2) is 0 Å². The lowest BCUT2D eigenvalue weighted by molar-refractivity contribution is -0.123. The van der Waals surface area contributed by atoms with Crippen LogP contribution in [0.1, 0.15) is 24.5 Å². The summed E-state index contributed by atoms with van der Waals surface area (Å²) in [6.07, 6.45) is 1.14. The molecular weight excluding hydrogens is 228 g/mol. The molecule has 98 valence electrons. The van der Waals surface area contributed by atoms with Crippen LogP contribution in [-0.2, 0) is 4.79 Å². The van der Waals surface area contributed by atoms with Crippen LogP contribution in [0.2, 0.25) is 0 Å². The summed E-state index contributed by atoms with van der Waals surface area (Å²) in [6.45, 7) is 2.28. The molecule has 1 aromatic rings. The number of β-amino-alcohol motifs (C(OH)–C–C–N with tert-alkyl or cyclic N) is 1. The summed E-state index contributed by atoms with van der Waals surface area (Å²) in [5.74, 6) is -0.187. The molecule has 1 aromatic carbocycles. The lowest BCUT2D eigenvalue weighted by Crippen LogP contribution is -2.40. The lowest BCUT2D eigenvalue weighted by Gasteiger charge is -2.31. The lowest BCUT2D eigenvalue weighted by atomic mass is 9.96. The van der Waals surface area contributed by atoms with Crippen LogP contribution in [0.15, 0.2) is 30.3 Å². The standard InChI is InChI=1S/C14H20N2O2/c15-14(18)12-6-8-16(9-7-12)10-13(17)11-4-2-1-3-5-11/h1-5,12-13,17H,6-10H2,(H2,15,18). The molecule has 4 heteroatoms. The summed E-state index contributed by atoms with van der Waals surface area (Å²) >= 11 is 0. The Morgan fingerprint density at radius 2 is 1.94 bits per heavy atom. The van der Waals surface area contributed by atoms with E-state index in [4.69, 9.17) is 5.73 Å². The van der Waals surface area contributed by atoms with Crippen molar-refractivity contribution in [1.29, 1.82) is 0 Å². The number of aliphatic hydroxyl groups is 1. The van der Waals surface area contributed by atoms with Crippen molar-refractivity contribution in [2.24, 2.45) is 11.7 Å². The SMILES string of the molecule is NC(=O)C1CCN(CC(O)c2ccccc2)CC1. The molecule has 0 aliphatic carbocycles. The fourth-order valence-corrected chi connectivity index (χ4v) is 2.43. The molecule has 1 atom stereocenters. The van der Waals surface area contributed by atoms with Gasteiger partial charge < -0.3 is 15.7 Å². The molecule has 0 bridgehead atoms. The Kier molecular flexibility index (Phi) is 4.33. The fraction of sp³-hybridized carbons (Fsp3) is 0.500. The molecule has 3 N–H and O–H groups in total. The van der Waals surface area contributed by atoms with Crippen LogP contribution in [0.4, 0.5) is 0 Å². The van der Waals surface area contributed by atoms with Gasteiger partial charge in [0.2, 0.25) is 5.91 Å². The van der Waals surface area contributed by atoms with Gasteiger partial charge in [0, 0.05) is 12.5 Å². The van der Waals surface area contributed by atoms with Crippen LogP contribution < -0.4 is 5.73 Å². The molecule has 2 rings (SSSR count). The van der Waals surface area contributed by atoms with Crippen LogP contribution in [0.25, 0.3) is 0 Å². The van der Waals surface area contributed by atoms with Gasteiger partial charge in [-0.2, -0.15) is 0 Å². The van der Waals surface area contributed by atoms with E-state index in [-0.39, 0.29) is 11.8 Å². The molecule has 0 spiro atoms. The summed E-state index contributed by atoms with van der Waals surface area (Å²) in [5, 5.41) is 10.1. The van der Waals surface area contributed by atoms with Crippen molar-refractivity contribution in [3.63, 3.8) is 0 Å². The van der Waals surface area contributed by atoms with E-state index in [2.05, 4.69) is 4.90 Å². The number of aliphatic hydroxyl groups excluding tert-OH is 1. The predicted molar refractivity (Wildman–Crippen MR) is 69.8 cm³/mol. The van der Waals surface area contributed by atoms with Crippen LogP contribution in [0.5, 0.6) is 0 Å². The van der Waals surface area contributed by atoms with Crippen molar-refractivity contribution >= 4 is 5.91 Å². The van der Waals surface area contributed by atoms with Crippen molar-refractivity contribution in [3.8, 4) is 0 Å². The highest BCUT2D eigenvalue weighted by atomic mass is 16.3. The molecule has 1 heterocycles. The first-order chi connectivity index (χ1) is 8.66. The number of amides is 1. The molecule has 0 saturated carbocycles. The Hall–Kier alpha value is -1.39. The van der Waals surface area contributed by atoms with Crippen LogP contribution >= 0.6 is 0 Å². The number of nitrogens with zero attached hydrogens (tertiary/aromatic N) is 1. The second-order valence-corrected chi connectivity index (χ2v) is 4.90. The van der Waals surface area contributed by atoms with Crippen molar-refractivity contribution in [1.82, 2.24) is 4.90 Å². The number of primary amides is 1. The van der Waals surface area contributed by atoms with Gasteiger partial charge in [0.25, 0.3) is 0 Å². The highest BCUT2D eigenvalue weighted by molar-refractivity contribution is 5.76. The molecule has 18 heavy (non-hydrogen) atoms. The molecule has 1 unspecified atom stereocenters. The molecular formula is C14H20N2O2. The van der Waals surface area contributed by atoms with Gasteiger partial charge >= 0.3 is 0 Å². The number of rotatable bonds is 4. The van der Waals surface area contributed by atoms with Gasteiger partial charge in [-0.15, -0.1) is 0 Å². The van der Waals surface area contributed by atoms with E-state index < -0.39 is 6.10 Å². The van der Waals surface area contributed by atoms with E-state index in [1.54, 1.807) is 0 Å². The Bertz CT molecular complexity index is 386. The van der Waals surface area contributed by atoms with Crippen LogP contribution in [0.3, 0.4) is 0 Å². The number of hydrogen-bond donors (Lipinski definition) is 2. The molecule has 1 fully saturated rings. The second-order valence-electron chi connectivity index (χ2n) is 4.90. The molecule has 0 aromatic heterocycles. The number of carbonyl (C=O) groups is 1. The third-order valence-corrected chi connectivity index (χ3v) is 3.61. The number of benzene rings is 1. The van der Waals surface area contributed by atoms with Gasteiger partial charge in [0.1, 0.15) is 0 Å². The first-order valence-electron chi connectivity index (χ1n) is 6.41. The van der Waals surface area contributed by atoms with E-state index >= 15 is 0 Å². The summed E-state index contributed by atoms with van der Waals surface area (Å²) in [6, 6.07) is 9.66. The smallest absolute Gasteiger partial charge is 0.220 e. The normalized spacial score (nSPS) is 19.6. The zero-order chi connectivity index (χ0) is 13.0. The van der Waals surface area contributed by atoms with Gasteiger partial charge in [-0.05, 0) is 31.5 Å². The molecule has 1 aliphatic rings. The van der Waals surface area contributed by atoms with E-state index in [0.29, 0.717) is 6.54 Å². The number of nitrogens with two attached hydrogens (primary N) is 1. The van der Waals surface area contributed by atoms with Crippen molar-refractivity contribution in [2.75, 3.05) is 19.6 Å². The minimum atomic E-state index is -0.462. The topological polar surface area (TPSA) is 66.6 Å². The van der Waals surface area contributed by atoms with Crippen molar-refractivity contribution < 1.29 is 9.90 Å². The molecule has 4 nitrogen and oxygen atoms in total. The first-order valence-corrected chi connectivity index (χ1v) is 6.41. The quantitative estimate of drug-likeness (QED) is 0.832. The van der Waals surface area contributed by atoms with E-state index in [9.17, 15) is 9.90 Å². The van der Waals surface area contributed by atoms with E-state index in [1.807, 2.05) is 30.3 Å². The second kappa shape index (κ2) is 5.98. The minimum Gasteiger partial charge on any atom is -0.387 e. The highest BCUT2D eigenvalue weighted by Crippen LogP contribution is 2.20. The average Bonchev–Trinajstić information content (AvgIpc) is 2.40. The van der Waals surface area contributed by atoms with E-state index in [0.717, 1.165) is 31.5 Å². The summed E-state index contributed by atoms with van der Waals surface area (Å²) in [5.41, 5.74) is 6.24. The van der Waals surface area contributed by atoms with Crippen LogP contribution in [0, 0.1) is 5.92 Å². The highest BCUT2D eigenvalue weighted by Gasteiger charge is 2.24. The number of hydrogen-bond acceptors (Lipinski definition) is 3. The predicted octanol–water partition coefficient (Wildman–Crippen LogP) is 0.917. The number of piperidine rings is 1. The van der Waals surface area contributed by atoms with Crippen molar-refractivity contribution in [3.05, 3.63) is 35.9 Å². The number of carbonyl (C=O) groups excluding carboxylic acids is 1. The van der Waals surface area contributed by atoms with Gasteiger partial charge in [0.15, 0.2) is 0 Å². The van der Waals surface area contributed by atoms with Gasteiger partial charge in [-0.3, -0.25) is 4.79 Å². The largest absolute Gasteiger partial charge is 0.387 e. The Balaban J connectivity index is 1.83. The van der Waals surface area contributed by atoms with E-state index in [1.165, 1.54) is 0 Å². The minimum absolute atomic E-state index is 0.00937. The van der Waals surface area contributed by atoms with Gasteiger partial charge in [-0.1, -0.05) is 30.3 Å². The first kappa shape index (κ1) is 13.1. The Morgan fingerprint density at radius 1 is 1.33 bits per heavy atom. The van der Waals surface area contributed by atoms with Crippen LogP contribution in [-0.4, -0.2) is 35.5 Å². The monoisotopic (exact) mass is 248 g/mol. The fourth-order valence-electron chi connectivity index (χ4n) is 2.43. The molecule has 1 aliphatic heterocycles. The zero-order valence-electron chi connectivity index (χ0n) is 10.5. The Labute approximate surface area is 107 Å². The summed E-state index contributed by atoms with van der Waals surface area (Å²) in [7, 11) is 0. The maximum atomic E-state index is 11.1.